The molecule has 2 aromatic rings. The molecule has 1 amide bonds. The summed E-state index contributed by atoms with van der Waals surface area (Å²) in [6.45, 7) is 2.52. The summed E-state index contributed by atoms with van der Waals surface area (Å²) in [5, 5.41) is 10.8. The topological polar surface area (TPSA) is 75.9 Å². The minimum absolute atomic E-state index is 0.0935. The molecule has 7 nitrogen and oxygen atoms in total. The molecule has 7 heteroatoms. The second-order valence-electron chi connectivity index (χ2n) is 6.13. The van der Waals surface area contributed by atoms with Crippen molar-refractivity contribution in [1.82, 2.24) is 0 Å². The second-order valence-corrected chi connectivity index (χ2v) is 6.13. The quantitative estimate of drug-likeness (QED) is 0.634. The van der Waals surface area contributed by atoms with E-state index in [-0.39, 0.29) is 11.8 Å². The summed E-state index contributed by atoms with van der Waals surface area (Å²) < 4.78 is 5.05. The maximum atomic E-state index is 11.9. The second kappa shape index (κ2) is 6.08. The van der Waals surface area contributed by atoms with E-state index in [1.807, 2.05) is 12.1 Å². The van der Waals surface area contributed by atoms with Gasteiger partial charge in [-0.2, -0.15) is 0 Å². The molecule has 0 unspecified atom stereocenters. The first-order valence-electron chi connectivity index (χ1n) is 8.18. The van der Waals surface area contributed by atoms with Crippen molar-refractivity contribution in [3.05, 3.63) is 63.7 Å². The number of non-ortho nitro benzene ring substituents is 1. The Kier molecular flexibility index (Phi) is 3.76. The molecule has 0 spiro atoms. The van der Waals surface area contributed by atoms with Crippen LogP contribution in [0, 0.1) is 10.1 Å². The van der Waals surface area contributed by atoms with Crippen molar-refractivity contribution in [2.45, 2.75) is 13.0 Å². The highest BCUT2D eigenvalue weighted by Crippen LogP contribution is 2.32. The number of benzene rings is 2. The fraction of sp³-hybridized carbons (Fsp3) is 0.278. The number of rotatable bonds is 3. The van der Waals surface area contributed by atoms with Gasteiger partial charge in [-0.05, 0) is 35.7 Å². The van der Waals surface area contributed by atoms with E-state index in [2.05, 4.69) is 11.0 Å². The number of hydrogen-bond acceptors (Lipinski definition) is 5. The first-order chi connectivity index (χ1) is 12.1. The van der Waals surface area contributed by atoms with Gasteiger partial charge in [0.25, 0.3) is 5.69 Å². The van der Waals surface area contributed by atoms with Crippen LogP contribution < -0.4 is 9.80 Å². The van der Waals surface area contributed by atoms with Gasteiger partial charge in [0.05, 0.1) is 17.2 Å². The number of ether oxygens (including phenoxy) is 1. The highest BCUT2D eigenvalue weighted by atomic mass is 16.6. The number of carbonyl (C=O) groups is 1. The molecule has 0 N–H and O–H groups in total. The summed E-state index contributed by atoms with van der Waals surface area (Å²) in [5.74, 6) is 0. The van der Waals surface area contributed by atoms with Crippen LogP contribution in [0.4, 0.5) is 21.9 Å². The average Bonchev–Trinajstić information content (AvgIpc) is 3.06. The molecule has 0 bridgehead atoms. The third-order valence-corrected chi connectivity index (χ3v) is 4.72. The molecule has 0 aliphatic carbocycles. The highest BCUT2D eigenvalue weighted by Gasteiger charge is 2.28. The number of nitrogens with zero attached hydrogens (tertiary/aromatic N) is 3. The lowest BCUT2D eigenvalue weighted by Gasteiger charge is -2.32. The molecule has 25 heavy (non-hydrogen) atoms. The molecule has 1 saturated heterocycles. The monoisotopic (exact) mass is 339 g/mol. The SMILES string of the molecule is O=C1OCCN1c1cccc2c1CCN(c1ccc([N+](=O)[O-])cc1)C2. The predicted molar refractivity (Wildman–Crippen MR) is 93.0 cm³/mol. The number of carbonyl (C=O) groups excluding carboxylic acids is 1. The van der Waals surface area contributed by atoms with Gasteiger partial charge < -0.3 is 9.64 Å². The van der Waals surface area contributed by atoms with E-state index in [1.165, 1.54) is 23.3 Å². The zero-order valence-corrected chi connectivity index (χ0v) is 13.6. The molecule has 2 aliphatic heterocycles. The van der Waals surface area contributed by atoms with Crippen LogP contribution in [0.25, 0.3) is 0 Å². The molecule has 2 aromatic carbocycles. The predicted octanol–water partition coefficient (Wildman–Crippen LogP) is 3.11. The minimum atomic E-state index is -0.392. The summed E-state index contributed by atoms with van der Waals surface area (Å²) in [6, 6.07) is 12.6. The standard InChI is InChI=1S/C18H17N3O4/c22-18-20(10-11-25-18)17-3-1-2-13-12-19(9-8-16(13)17)14-4-6-15(7-5-14)21(23)24/h1-7H,8-12H2. The summed E-state index contributed by atoms with van der Waals surface area (Å²) in [6.07, 6.45) is 0.526. The van der Waals surface area contributed by atoms with Crippen molar-refractivity contribution in [2.24, 2.45) is 0 Å². The maximum Gasteiger partial charge on any atom is 0.414 e. The van der Waals surface area contributed by atoms with Crippen LogP contribution in [0.5, 0.6) is 0 Å². The summed E-state index contributed by atoms with van der Waals surface area (Å²) in [4.78, 5) is 26.2. The van der Waals surface area contributed by atoms with Crippen molar-refractivity contribution >= 4 is 23.2 Å². The Bertz CT molecular complexity index is 835. The average molecular weight is 339 g/mol. The summed E-state index contributed by atoms with van der Waals surface area (Å²) in [7, 11) is 0. The molecule has 0 atom stereocenters. The number of fused-ring (bicyclic) bond motifs is 1. The third kappa shape index (κ3) is 2.77. The molecule has 1 fully saturated rings. The van der Waals surface area contributed by atoms with Crippen molar-refractivity contribution < 1.29 is 14.5 Å². The Morgan fingerprint density at radius 1 is 1.08 bits per heavy atom. The Balaban J connectivity index is 1.59. The van der Waals surface area contributed by atoms with E-state index in [1.54, 1.807) is 17.0 Å². The van der Waals surface area contributed by atoms with Crippen LogP contribution in [0.3, 0.4) is 0 Å². The van der Waals surface area contributed by atoms with Gasteiger partial charge in [0.1, 0.15) is 6.61 Å². The van der Waals surface area contributed by atoms with Crippen LogP contribution >= 0.6 is 0 Å². The molecule has 0 saturated carbocycles. The molecule has 2 aliphatic rings. The molecule has 0 radical (unpaired) electrons. The van der Waals surface area contributed by atoms with Gasteiger partial charge in [0, 0.05) is 30.9 Å². The van der Waals surface area contributed by atoms with E-state index in [0.29, 0.717) is 19.7 Å². The third-order valence-electron chi connectivity index (χ3n) is 4.72. The van der Waals surface area contributed by atoms with Gasteiger partial charge >= 0.3 is 6.09 Å². The lowest BCUT2D eigenvalue weighted by molar-refractivity contribution is -0.384. The van der Waals surface area contributed by atoms with Gasteiger partial charge in [-0.15, -0.1) is 0 Å². The smallest absolute Gasteiger partial charge is 0.414 e. The fourth-order valence-electron chi connectivity index (χ4n) is 3.46. The van der Waals surface area contributed by atoms with Crippen molar-refractivity contribution in [1.29, 1.82) is 0 Å². The van der Waals surface area contributed by atoms with Crippen LogP contribution in [-0.2, 0) is 17.7 Å². The first-order valence-corrected chi connectivity index (χ1v) is 8.18. The number of nitro groups is 1. The van der Waals surface area contributed by atoms with Gasteiger partial charge in [0.2, 0.25) is 0 Å². The first kappa shape index (κ1) is 15.4. The van der Waals surface area contributed by atoms with Gasteiger partial charge in [-0.25, -0.2) is 4.79 Å². The zero-order valence-electron chi connectivity index (χ0n) is 13.6. The Morgan fingerprint density at radius 2 is 1.88 bits per heavy atom. The summed E-state index contributed by atoms with van der Waals surface area (Å²) >= 11 is 0. The lowest BCUT2D eigenvalue weighted by Crippen LogP contribution is -2.33. The molecule has 4 rings (SSSR count). The van der Waals surface area contributed by atoms with Gasteiger partial charge in [0.15, 0.2) is 0 Å². The van der Waals surface area contributed by atoms with E-state index < -0.39 is 4.92 Å². The van der Waals surface area contributed by atoms with E-state index in [4.69, 9.17) is 4.74 Å². The molecular weight excluding hydrogens is 322 g/mol. The maximum absolute atomic E-state index is 11.9. The number of hydrogen-bond donors (Lipinski definition) is 0. The largest absolute Gasteiger partial charge is 0.447 e. The number of cyclic esters (lactones) is 1. The van der Waals surface area contributed by atoms with Crippen LogP contribution in [-0.4, -0.2) is 30.7 Å². The normalized spacial score (nSPS) is 16.6. The van der Waals surface area contributed by atoms with Crippen molar-refractivity contribution in [2.75, 3.05) is 29.5 Å². The Hall–Kier alpha value is -3.09. The molecule has 0 aromatic heterocycles. The zero-order chi connectivity index (χ0) is 17.4. The molecule has 2 heterocycles. The molecular formula is C18H17N3O4. The highest BCUT2D eigenvalue weighted by molar-refractivity contribution is 5.90. The van der Waals surface area contributed by atoms with E-state index >= 15 is 0 Å². The van der Waals surface area contributed by atoms with Gasteiger partial charge in [-0.3, -0.25) is 15.0 Å². The Morgan fingerprint density at radius 3 is 2.56 bits per heavy atom. The fourth-order valence-corrected chi connectivity index (χ4v) is 3.46. The molecule has 128 valence electrons. The van der Waals surface area contributed by atoms with E-state index in [0.717, 1.165) is 24.3 Å². The van der Waals surface area contributed by atoms with Gasteiger partial charge in [-0.1, -0.05) is 12.1 Å². The Labute approximate surface area is 144 Å². The van der Waals surface area contributed by atoms with E-state index in [9.17, 15) is 14.9 Å². The van der Waals surface area contributed by atoms with Crippen molar-refractivity contribution in [3.63, 3.8) is 0 Å². The summed E-state index contributed by atoms with van der Waals surface area (Å²) in [5.41, 5.74) is 4.34. The number of amides is 1. The van der Waals surface area contributed by atoms with Crippen LogP contribution in [0.2, 0.25) is 0 Å². The minimum Gasteiger partial charge on any atom is -0.447 e. The van der Waals surface area contributed by atoms with Crippen molar-refractivity contribution in [3.8, 4) is 0 Å². The van der Waals surface area contributed by atoms with Crippen LogP contribution in [0.15, 0.2) is 42.5 Å². The lowest BCUT2D eigenvalue weighted by atomic mass is 9.96. The number of anilines is 2. The van der Waals surface area contributed by atoms with Crippen LogP contribution in [0.1, 0.15) is 11.1 Å². The number of nitro benzene ring substituents is 1.